The number of rotatable bonds is 11. The molecule has 232 valence electrons. The Balaban J connectivity index is 1.21. The van der Waals surface area contributed by atoms with Crippen LogP contribution in [0.5, 0.6) is 0 Å². The van der Waals surface area contributed by atoms with Gasteiger partial charge in [0.2, 0.25) is 5.95 Å². The molecule has 3 aromatic heterocycles. The van der Waals surface area contributed by atoms with Gasteiger partial charge in [-0.2, -0.15) is 0 Å². The minimum absolute atomic E-state index is 0.195. The number of nitro groups is 1. The molecule has 0 saturated carbocycles. The number of anilines is 3. The van der Waals surface area contributed by atoms with Crippen molar-refractivity contribution in [2.24, 2.45) is 7.05 Å². The molecule has 13 nitrogen and oxygen atoms in total. The van der Waals surface area contributed by atoms with Crippen molar-refractivity contribution in [3.63, 3.8) is 0 Å². The number of benzene rings is 2. The number of amides is 1. The van der Waals surface area contributed by atoms with Gasteiger partial charge < -0.3 is 35.1 Å². The normalized spacial score (nSPS) is 14.8. The second-order valence-corrected chi connectivity index (χ2v) is 11.4. The second-order valence-electron chi connectivity index (χ2n) is 11.4. The number of hydrogen-bond donors (Lipinski definition) is 2. The third-order valence-corrected chi connectivity index (χ3v) is 8.28. The molecule has 45 heavy (non-hydrogen) atoms. The molecule has 2 N–H and O–H groups in total. The van der Waals surface area contributed by atoms with Crippen LogP contribution >= 0.6 is 0 Å². The Hall–Kier alpha value is -5.30. The third-order valence-electron chi connectivity index (χ3n) is 8.28. The number of fused-ring (bicyclic) bond motifs is 1. The average Bonchev–Trinajstić information content (AvgIpc) is 3.79. The number of imidazole rings is 1. The highest BCUT2D eigenvalue weighted by molar-refractivity contribution is 6.00. The molecule has 5 aromatic rings. The summed E-state index contributed by atoms with van der Waals surface area (Å²) < 4.78 is 3.57. The fraction of sp³-hybridized carbons (Fsp3) is 0.312. The SMILES string of the molecule is CN(C)C1CCN(c2cc(Nc3nccc(-c4cn(C)c5ccccc45)n3)ccc2C(=O)NCCCn2ccnc2[N+](=O)[O-])C1. The van der Waals surface area contributed by atoms with Gasteiger partial charge in [-0.05, 0) is 62.2 Å². The Bertz CT molecular complexity index is 1850. The van der Waals surface area contributed by atoms with Gasteiger partial charge in [0.1, 0.15) is 12.4 Å². The summed E-state index contributed by atoms with van der Waals surface area (Å²) in [5.74, 6) is 0.0618. The quantitative estimate of drug-likeness (QED) is 0.127. The van der Waals surface area contributed by atoms with Crippen LogP contribution in [0.25, 0.3) is 22.2 Å². The Morgan fingerprint density at radius 1 is 1.13 bits per heavy atom. The van der Waals surface area contributed by atoms with Crippen LogP contribution in [0.3, 0.4) is 0 Å². The highest BCUT2D eigenvalue weighted by Gasteiger charge is 2.27. The van der Waals surface area contributed by atoms with Crippen LogP contribution in [0.2, 0.25) is 0 Å². The zero-order valence-corrected chi connectivity index (χ0v) is 25.6. The molecule has 4 heterocycles. The molecule has 1 fully saturated rings. The smallest absolute Gasteiger partial charge is 0.390 e. The molecule has 13 heteroatoms. The highest BCUT2D eigenvalue weighted by Crippen LogP contribution is 2.32. The monoisotopic (exact) mass is 608 g/mol. The van der Waals surface area contributed by atoms with E-state index in [0.29, 0.717) is 37.1 Å². The molecule has 2 aromatic carbocycles. The molecular formula is C32H36N10O3. The van der Waals surface area contributed by atoms with E-state index in [1.165, 1.54) is 10.8 Å². The largest absolute Gasteiger partial charge is 0.434 e. The van der Waals surface area contributed by atoms with Gasteiger partial charge >= 0.3 is 5.95 Å². The summed E-state index contributed by atoms with van der Waals surface area (Å²) in [6.45, 7) is 2.36. The van der Waals surface area contributed by atoms with E-state index in [4.69, 9.17) is 4.98 Å². The van der Waals surface area contributed by atoms with Gasteiger partial charge in [0.15, 0.2) is 0 Å². The first-order valence-electron chi connectivity index (χ1n) is 14.9. The lowest BCUT2D eigenvalue weighted by Crippen LogP contribution is -2.33. The molecule has 1 amide bonds. The van der Waals surface area contributed by atoms with Crippen LogP contribution in [0.15, 0.2) is 73.3 Å². The van der Waals surface area contributed by atoms with Gasteiger partial charge in [0, 0.05) is 67.3 Å². The van der Waals surface area contributed by atoms with E-state index in [9.17, 15) is 14.9 Å². The average molecular weight is 609 g/mol. The van der Waals surface area contributed by atoms with Crippen molar-refractivity contribution in [1.82, 2.24) is 34.3 Å². The fourth-order valence-electron chi connectivity index (χ4n) is 5.88. The zero-order chi connectivity index (χ0) is 31.5. The summed E-state index contributed by atoms with van der Waals surface area (Å²) >= 11 is 0. The number of carbonyl (C=O) groups is 1. The van der Waals surface area contributed by atoms with E-state index in [0.717, 1.165) is 53.0 Å². The minimum atomic E-state index is -0.511. The third kappa shape index (κ3) is 6.34. The molecule has 0 spiro atoms. The standard InChI is InChI=1S/C32H36N10O3/c1-38(2)23-12-17-41(20-23)29-19-22(9-10-25(29)30(43)33-13-6-16-40-18-15-35-32(40)42(44)45)36-31-34-14-11-27(37-31)26-21-39(3)28-8-5-4-7-24(26)28/h4-5,7-11,14-15,18-19,21,23H,6,12-13,16-17,20H2,1-3H3,(H,33,43)(H,34,36,37). The zero-order valence-electron chi connectivity index (χ0n) is 25.6. The van der Waals surface area contributed by atoms with Gasteiger partial charge in [-0.1, -0.05) is 23.2 Å². The predicted molar refractivity (Wildman–Crippen MR) is 174 cm³/mol. The lowest BCUT2D eigenvalue weighted by atomic mass is 10.1. The molecule has 1 unspecified atom stereocenters. The van der Waals surface area contributed by atoms with Crippen LogP contribution in [0.1, 0.15) is 23.2 Å². The van der Waals surface area contributed by atoms with Crippen molar-refractivity contribution in [3.05, 3.63) is 89.0 Å². The molecule has 1 aliphatic heterocycles. The summed E-state index contributed by atoms with van der Waals surface area (Å²) in [5.41, 5.74) is 5.15. The topological polar surface area (TPSA) is 139 Å². The maximum absolute atomic E-state index is 13.4. The van der Waals surface area contributed by atoms with Gasteiger partial charge in [-0.25, -0.2) is 14.5 Å². The van der Waals surface area contributed by atoms with E-state index >= 15 is 0 Å². The molecule has 1 atom stereocenters. The van der Waals surface area contributed by atoms with Gasteiger partial charge in [0.25, 0.3) is 5.91 Å². The van der Waals surface area contributed by atoms with Crippen molar-refractivity contribution < 1.29 is 9.72 Å². The molecular weight excluding hydrogens is 572 g/mol. The molecule has 1 saturated heterocycles. The maximum atomic E-state index is 13.4. The van der Waals surface area contributed by atoms with Crippen LogP contribution < -0.4 is 15.5 Å². The van der Waals surface area contributed by atoms with E-state index in [1.54, 1.807) is 12.4 Å². The molecule has 0 radical (unpaired) electrons. The number of nitrogens with one attached hydrogen (secondary N) is 2. The molecule has 0 aliphatic carbocycles. The van der Waals surface area contributed by atoms with E-state index in [2.05, 4.69) is 67.4 Å². The Kier molecular flexibility index (Phi) is 8.43. The van der Waals surface area contributed by atoms with Crippen molar-refractivity contribution in [2.45, 2.75) is 25.4 Å². The number of carbonyl (C=O) groups excluding carboxylic acids is 1. The van der Waals surface area contributed by atoms with E-state index in [-0.39, 0.29) is 11.9 Å². The number of aromatic nitrogens is 5. The lowest BCUT2D eigenvalue weighted by Gasteiger charge is -2.24. The molecule has 0 bridgehead atoms. The number of nitrogens with zero attached hydrogens (tertiary/aromatic N) is 8. The highest BCUT2D eigenvalue weighted by atomic mass is 16.6. The minimum Gasteiger partial charge on any atom is -0.390 e. The van der Waals surface area contributed by atoms with Gasteiger partial charge in [0.05, 0.1) is 23.5 Å². The predicted octanol–water partition coefficient (Wildman–Crippen LogP) is 4.44. The first-order valence-corrected chi connectivity index (χ1v) is 14.9. The Labute approximate surface area is 260 Å². The summed E-state index contributed by atoms with van der Waals surface area (Å²) in [7, 11) is 6.17. The van der Waals surface area contributed by atoms with Crippen molar-refractivity contribution >= 4 is 40.1 Å². The molecule has 6 rings (SSSR count). The van der Waals surface area contributed by atoms with E-state index < -0.39 is 4.92 Å². The first kappa shape index (κ1) is 29.8. The van der Waals surface area contributed by atoms with Crippen LogP contribution in [0, 0.1) is 10.1 Å². The van der Waals surface area contributed by atoms with Crippen molar-refractivity contribution in [2.75, 3.05) is 43.9 Å². The van der Waals surface area contributed by atoms with Gasteiger partial charge in [-0.15, -0.1) is 0 Å². The summed E-state index contributed by atoms with van der Waals surface area (Å²) in [5, 5.41) is 18.6. The van der Waals surface area contributed by atoms with Crippen molar-refractivity contribution in [3.8, 4) is 11.3 Å². The summed E-state index contributed by atoms with van der Waals surface area (Å²) in [4.78, 5) is 41.6. The van der Waals surface area contributed by atoms with Crippen LogP contribution in [0.4, 0.5) is 23.3 Å². The summed E-state index contributed by atoms with van der Waals surface area (Å²) in [6, 6.07) is 16.2. The summed E-state index contributed by atoms with van der Waals surface area (Å²) in [6.07, 6.45) is 8.31. The number of aryl methyl sites for hydroxylation is 2. The number of hydrogen-bond acceptors (Lipinski definition) is 9. The Morgan fingerprint density at radius 3 is 2.78 bits per heavy atom. The van der Waals surface area contributed by atoms with Crippen molar-refractivity contribution in [1.29, 1.82) is 0 Å². The number of likely N-dealkylation sites (N-methyl/N-ethyl adjacent to an activating group) is 1. The van der Waals surface area contributed by atoms with E-state index in [1.807, 2.05) is 43.4 Å². The Morgan fingerprint density at radius 2 is 1.98 bits per heavy atom. The maximum Gasteiger partial charge on any atom is 0.434 e. The second kappa shape index (κ2) is 12.7. The first-order chi connectivity index (χ1) is 21.8. The number of para-hydroxylation sites is 1. The molecule has 1 aliphatic rings. The van der Waals surface area contributed by atoms with Crippen LogP contribution in [-0.4, -0.2) is 79.6 Å². The van der Waals surface area contributed by atoms with Crippen LogP contribution in [-0.2, 0) is 13.6 Å². The fourth-order valence-corrected chi connectivity index (χ4v) is 5.88. The lowest BCUT2D eigenvalue weighted by molar-refractivity contribution is -0.396. The van der Waals surface area contributed by atoms with Gasteiger partial charge in [-0.3, -0.25) is 4.79 Å².